The Morgan fingerprint density at radius 2 is 1.74 bits per heavy atom. The molecule has 1 saturated carbocycles. The molecule has 0 aromatic rings. The highest BCUT2D eigenvalue weighted by molar-refractivity contribution is 4.87. The molecule has 1 heterocycles. The van der Waals surface area contributed by atoms with Gasteiger partial charge in [-0.25, -0.2) is 0 Å². The van der Waals surface area contributed by atoms with Gasteiger partial charge in [0, 0.05) is 12.1 Å². The number of hydrogen-bond acceptors (Lipinski definition) is 2. The van der Waals surface area contributed by atoms with Gasteiger partial charge in [0.25, 0.3) is 0 Å². The van der Waals surface area contributed by atoms with Gasteiger partial charge in [0.05, 0.1) is 0 Å². The highest BCUT2D eigenvalue weighted by Gasteiger charge is 2.32. The summed E-state index contributed by atoms with van der Waals surface area (Å²) >= 11 is 0. The number of nitrogens with one attached hydrogen (secondary N) is 1. The van der Waals surface area contributed by atoms with E-state index >= 15 is 0 Å². The lowest BCUT2D eigenvalue weighted by atomic mass is 9.80. The Morgan fingerprint density at radius 1 is 1.05 bits per heavy atom. The van der Waals surface area contributed by atoms with Crippen LogP contribution in [0.3, 0.4) is 0 Å². The minimum atomic E-state index is 0.709. The van der Waals surface area contributed by atoms with Crippen LogP contribution in [0.1, 0.15) is 65.7 Å². The Labute approximate surface area is 120 Å². The highest BCUT2D eigenvalue weighted by atomic mass is 15.2. The van der Waals surface area contributed by atoms with Gasteiger partial charge in [0.15, 0.2) is 0 Å². The lowest BCUT2D eigenvalue weighted by molar-refractivity contribution is 0.0605. The molecule has 0 bridgehead atoms. The van der Waals surface area contributed by atoms with Gasteiger partial charge in [-0.1, -0.05) is 33.1 Å². The van der Waals surface area contributed by atoms with E-state index < -0.39 is 0 Å². The quantitative estimate of drug-likeness (QED) is 0.817. The Morgan fingerprint density at radius 3 is 2.37 bits per heavy atom. The molecule has 2 aliphatic rings. The predicted molar refractivity (Wildman–Crippen MR) is 83.5 cm³/mol. The van der Waals surface area contributed by atoms with Crippen LogP contribution < -0.4 is 5.32 Å². The van der Waals surface area contributed by atoms with Gasteiger partial charge in [-0.3, -0.25) is 0 Å². The second-order valence-electron chi connectivity index (χ2n) is 6.74. The van der Waals surface area contributed by atoms with Gasteiger partial charge >= 0.3 is 0 Å². The average molecular weight is 266 g/mol. The monoisotopic (exact) mass is 266 g/mol. The lowest BCUT2D eigenvalue weighted by Crippen LogP contribution is -2.48. The standard InChI is InChI=1S/C17H34N2/c1-4-15-8-6-7-9-17(15)19-12-10-16(11-13-19)14(3)18-5-2/h14-18H,4-13H2,1-3H3. The van der Waals surface area contributed by atoms with Crippen molar-refractivity contribution in [1.29, 1.82) is 0 Å². The second-order valence-corrected chi connectivity index (χ2v) is 6.74. The molecule has 2 nitrogen and oxygen atoms in total. The van der Waals surface area contributed by atoms with Crippen molar-refractivity contribution in [1.82, 2.24) is 10.2 Å². The molecule has 2 fully saturated rings. The summed E-state index contributed by atoms with van der Waals surface area (Å²) in [5, 5.41) is 3.61. The summed E-state index contributed by atoms with van der Waals surface area (Å²) in [6, 6.07) is 1.62. The molecular formula is C17H34N2. The predicted octanol–water partition coefficient (Wildman–Crippen LogP) is 3.67. The summed E-state index contributed by atoms with van der Waals surface area (Å²) in [4.78, 5) is 2.84. The summed E-state index contributed by atoms with van der Waals surface area (Å²) in [7, 11) is 0. The van der Waals surface area contributed by atoms with Gasteiger partial charge in [-0.15, -0.1) is 0 Å². The van der Waals surface area contributed by atoms with E-state index in [1.807, 2.05) is 0 Å². The van der Waals surface area contributed by atoms with E-state index in [4.69, 9.17) is 0 Å². The van der Waals surface area contributed by atoms with Crippen LogP contribution in [0, 0.1) is 11.8 Å². The fraction of sp³-hybridized carbons (Fsp3) is 1.00. The number of likely N-dealkylation sites (tertiary alicyclic amines) is 1. The molecule has 2 rings (SSSR count). The highest BCUT2D eigenvalue weighted by Crippen LogP contribution is 2.33. The maximum absolute atomic E-state index is 3.61. The summed E-state index contributed by atoms with van der Waals surface area (Å²) in [6.07, 6.45) is 10.1. The van der Waals surface area contributed by atoms with Crippen molar-refractivity contribution in [3.8, 4) is 0 Å². The lowest BCUT2D eigenvalue weighted by Gasteiger charge is -2.44. The number of piperidine rings is 1. The van der Waals surface area contributed by atoms with Gasteiger partial charge in [0.1, 0.15) is 0 Å². The molecule has 1 saturated heterocycles. The largest absolute Gasteiger partial charge is 0.314 e. The van der Waals surface area contributed by atoms with E-state index in [9.17, 15) is 0 Å². The first kappa shape index (κ1) is 15.3. The molecule has 1 aliphatic carbocycles. The molecule has 1 aliphatic heterocycles. The summed E-state index contributed by atoms with van der Waals surface area (Å²) in [6.45, 7) is 10.8. The minimum Gasteiger partial charge on any atom is -0.314 e. The zero-order chi connectivity index (χ0) is 13.7. The van der Waals surface area contributed by atoms with Crippen molar-refractivity contribution in [3.63, 3.8) is 0 Å². The van der Waals surface area contributed by atoms with E-state index in [1.54, 1.807) is 0 Å². The maximum atomic E-state index is 3.61. The first-order chi connectivity index (χ1) is 9.26. The molecule has 0 aromatic heterocycles. The van der Waals surface area contributed by atoms with E-state index in [0.29, 0.717) is 6.04 Å². The van der Waals surface area contributed by atoms with Crippen molar-refractivity contribution in [3.05, 3.63) is 0 Å². The first-order valence-electron chi connectivity index (χ1n) is 8.73. The fourth-order valence-electron chi connectivity index (χ4n) is 4.38. The molecule has 3 atom stereocenters. The third-order valence-corrected chi connectivity index (χ3v) is 5.67. The van der Waals surface area contributed by atoms with E-state index in [0.717, 1.165) is 24.4 Å². The molecule has 0 amide bonds. The number of nitrogens with zero attached hydrogens (tertiary/aromatic N) is 1. The Kier molecular flexibility index (Phi) is 6.15. The number of hydrogen-bond donors (Lipinski definition) is 1. The fourth-order valence-corrected chi connectivity index (χ4v) is 4.38. The molecule has 0 radical (unpaired) electrons. The van der Waals surface area contributed by atoms with Crippen LogP contribution >= 0.6 is 0 Å². The Bertz CT molecular complexity index is 246. The Balaban J connectivity index is 1.81. The molecule has 3 unspecified atom stereocenters. The van der Waals surface area contributed by atoms with Crippen molar-refractivity contribution >= 4 is 0 Å². The van der Waals surface area contributed by atoms with Crippen LogP contribution in [0.4, 0.5) is 0 Å². The van der Waals surface area contributed by atoms with E-state index in [1.165, 1.54) is 58.0 Å². The smallest absolute Gasteiger partial charge is 0.0123 e. The molecule has 0 spiro atoms. The van der Waals surface area contributed by atoms with Crippen LogP contribution in [0.15, 0.2) is 0 Å². The number of rotatable bonds is 5. The summed E-state index contributed by atoms with van der Waals surface area (Å²) in [5.74, 6) is 1.89. The van der Waals surface area contributed by atoms with Crippen LogP contribution in [0.5, 0.6) is 0 Å². The van der Waals surface area contributed by atoms with E-state index in [-0.39, 0.29) is 0 Å². The molecule has 112 valence electrons. The topological polar surface area (TPSA) is 15.3 Å². The van der Waals surface area contributed by atoms with Crippen LogP contribution in [-0.4, -0.2) is 36.6 Å². The minimum absolute atomic E-state index is 0.709. The zero-order valence-corrected chi connectivity index (χ0v) is 13.3. The molecule has 2 heteroatoms. The SMILES string of the molecule is CCNC(C)C1CCN(C2CCCCC2CC)CC1. The van der Waals surface area contributed by atoms with Gasteiger partial charge < -0.3 is 10.2 Å². The van der Waals surface area contributed by atoms with Crippen LogP contribution in [-0.2, 0) is 0 Å². The van der Waals surface area contributed by atoms with Crippen LogP contribution in [0.2, 0.25) is 0 Å². The summed E-state index contributed by atoms with van der Waals surface area (Å²) < 4.78 is 0. The van der Waals surface area contributed by atoms with Gasteiger partial charge in [-0.05, 0) is 64.1 Å². The third-order valence-electron chi connectivity index (χ3n) is 5.67. The van der Waals surface area contributed by atoms with Crippen molar-refractivity contribution in [2.24, 2.45) is 11.8 Å². The molecular weight excluding hydrogens is 232 g/mol. The normalized spacial score (nSPS) is 32.4. The maximum Gasteiger partial charge on any atom is 0.0123 e. The summed E-state index contributed by atoms with van der Waals surface area (Å²) in [5.41, 5.74) is 0. The van der Waals surface area contributed by atoms with Crippen LogP contribution in [0.25, 0.3) is 0 Å². The van der Waals surface area contributed by atoms with Gasteiger partial charge in [0.2, 0.25) is 0 Å². The zero-order valence-electron chi connectivity index (χ0n) is 13.3. The van der Waals surface area contributed by atoms with Gasteiger partial charge in [-0.2, -0.15) is 0 Å². The third kappa shape index (κ3) is 3.95. The first-order valence-corrected chi connectivity index (χ1v) is 8.73. The average Bonchev–Trinajstić information content (AvgIpc) is 2.47. The van der Waals surface area contributed by atoms with E-state index in [2.05, 4.69) is 31.0 Å². The molecule has 19 heavy (non-hydrogen) atoms. The Hall–Kier alpha value is -0.0800. The second kappa shape index (κ2) is 7.64. The molecule has 1 N–H and O–H groups in total. The molecule has 0 aromatic carbocycles. The van der Waals surface area contributed by atoms with Crippen molar-refractivity contribution in [2.75, 3.05) is 19.6 Å². The van der Waals surface area contributed by atoms with Crippen molar-refractivity contribution < 1.29 is 0 Å². The van der Waals surface area contributed by atoms with Crippen molar-refractivity contribution in [2.45, 2.75) is 77.8 Å².